The molecule has 0 fully saturated rings. The van der Waals surface area contributed by atoms with Crippen LogP contribution in [-0.2, 0) is 13.1 Å². The largest absolute Gasteiger partial charge is 0.439 e. The highest BCUT2D eigenvalue weighted by molar-refractivity contribution is 5.94. The number of oxazole rings is 1. The Bertz CT molecular complexity index is 1220. The van der Waals surface area contributed by atoms with Crippen LogP contribution in [-0.4, -0.2) is 15.8 Å². The molecule has 152 valence electrons. The number of hydrogen-bond donors (Lipinski definition) is 0. The van der Waals surface area contributed by atoms with E-state index in [1.165, 1.54) is 4.90 Å². The Morgan fingerprint density at radius 2 is 1.67 bits per heavy atom. The van der Waals surface area contributed by atoms with Crippen molar-refractivity contribution in [3.05, 3.63) is 100 Å². The predicted molar refractivity (Wildman–Crippen MR) is 110 cm³/mol. The van der Waals surface area contributed by atoms with Gasteiger partial charge in [0.2, 0.25) is 5.89 Å². The summed E-state index contributed by atoms with van der Waals surface area (Å²) in [6.07, 6.45) is 0. The lowest BCUT2D eigenvalue weighted by atomic mass is 10.1. The summed E-state index contributed by atoms with van der Waals surface area (Å²) in [7, 11) is 0. The molecule has 0 spiro atoms. The van der Waals surface area contributed by atoms with Gasteiger partial charge in [0.1, 0.15) is 17.2 Å². The third-order valence-corrected chi connectivity index (χ3v) is 4.86. The standard InChI is InChI=1S/C24H20F2N2O2/c1-15-3-6-17(7-4-15)13-28(24(29)19-9-8-18(25)12-20(19)26)14-23-27-21-11-16(2)5-10-22(21)30-23/h3-12H,13-14H2,1-2H3. The first-order chi connectivity index (χ1) is 14.4. The van der Waals surface area contributed by atoms with Crippen molar-refractivity contribution in [1.82, 2.24) is 9.88 Å². The van der Waals surface area contributed by atoms with Gasteiger partial charge in [-0.3, -0.25) is 4.79 Å². The quantitative estimate of drug-likeness (QED) is 0.436. The minimum absolute atomic E-state index is 0.0528. The number of aromatic nitrogens is 1. The zero-order valence-corrected chi connectivity index (χ0v) is 16.7. The average Bonchev–Trinajstić information content (AvgIpc) is 3.10. The Morgan fingerprint density at radius 1 is 0.933 bits per heavy atom. The predicted octanol–water partition coefficient (Wildman–Crippen LogP) is 5.57. The van der Waals surface area contributed by atoms with Crippen molar-refractivity contribution in [3.63, 3.8) is 0 Å². The van der Waals surface area contributed by atoms with E-state index in [-0.39, 0.29) is 18.7 Å². The number of halogens is 2. The lowest BCUT2D eigenvalue weighted by Crippen LogP contribution is -2.31. The van der Waals surface area contributed by atoms with E-state index in [2.05, 4.69) is 4.98 Å². The van der Waals surface area contributed by atoms with E-state index in [1.54, 1.807) is 0 Å². The molecule has 0 aliphatic heterocycles. The molecule has 3 aromatic carbocycles. The first-order valence-electron chi connectivity index (χ1n) is 9.55. The van der Waals surface area contributed by atoms with E-state index in [9.17, 15) is 13.6 Å². The molecule has 0 aliphatic carbocycles. The van der Waals surface area contributed by atoms with Gasteiger partial charge in [-0.15, -0.1) is 0 Å². The topological polar surface area (TPSA) is 46.3 Å². The summed E-state index contributed by atoms with van der Waals surface area (Å²) in [6, 6.07) is 16.3. The van der Waals surface area contributed by atoms with Gasteiger partial charge in [-0.25, -0.2) is 13.8 Å². The van der Waals surface area contributed by atoms with Crippen LogP contribution in [0.3, 0.4) is 0 Å². The number of carbonyl (C=O) groups is 1. The maximum absolute atomic E-state index is 14.3. The van der Waals surface area contributed by atoms with E-state index in [0.717, 1.165) is 28.8 Å². The molecule has 0 saturated heterocycles. The summed E-state index contributed by atoms with van der Waals surface area (Å²) in [5.74, 6) is -1.85. The number of nitrogens with zero attached hydrogens (tertiary/aromatic N) is 2. The molecule has 30 heavy (non-hydrogen) atoms. The van der Waals surface area contributed by atoms with E-state index in [4.69, 9.17) is 4.42 Å². The van der Waals surface area contributed by atoms with Crippen LogP contribution in [0.15, 0.2) is 65.1 Å². The van der Waals surface area contributed by atoms with Gasteiger partial charge in [0, 0.05) is 12.6 Å². The van der Waals surface area contributed by atoms with Gasteiger partial charge in [-0.05, 0) is 49.2 Å². The lowest BCUT2D eigenvalue weighted by molar-refractivity contribution is 0.0710. The third-order valence-electron chi connectivity index (χ3n) is 4.86. The van der Waals surface area contributed by atoms with Gasteiger partial charge >= 0.3 is 0 Å². The Morgan fingerprint density at radius 3 is 2.40 bits per heavy atom. The van der Waals surface area contributed by atoms with Gasteiger partial charge in [0.25, 0.3) is 5.91 Å². The van der Waals surface area contributed by atoms with E-state index in [1.807, 2.05) is 56.3 Å². The Labute approximate surface area is 172 Å². The van der Waals surface area contributed by atoms with Crippen molar-refractivity contribution in [3.8, 4) is 0 Å². The molecule has 1 aromatic heterocycles. The zero-order valence-electron chi connectivity index (χ0n) is 16.7. The van der Waals surface area contributed by atoms with Crippen LogP contribution in [0.2, 0.25) is 0 Å². The van der Waals surface area contributed by atoms with Gasteiger partial charge in [-0.1, -0.05) is 35.9 Å². The van der Waals surface area contributed by atoms with Gasteiger partial charge < -0.3 is 9.32 Å². The highest BCUT2D eigenvalue weighted by Gasteiger charge is 2.22. The normalized spacial score (nSPS) is 11.1. The van der Waals surface area contributed by atoms with Crippen LogP contribution in [0.1, 0.15) is 32.9 Å². The average molecular weight is 406 g/mol. The van der Waals surface area contributed by atoms with Crippen LogP contribution in [0, 0.1) is 25.5 Å². The Kier molecular flexibility index (Phi) is 5.31. The highest BCUT2D eigenvalue weighted by Crippen LogP contribution is 2.21. The monoisotopic (exact) mass is 406 g/mol. The van der Waals surface area contributed by atoms with E-state index in [0.29, 0.717) is 23.1 Å². The third kappa shape index (κ3) is 4.22. The molecule has 1 amide bonds. The summed E-state index contributed by atoms with van der Waals surface area (Å²) >= 11 is 0. The van der Waals surface area contributed by atoms with E-state index >= 15 is 0 Å². The summed E-state index contributed by atoms with van der Waals surface area (Å²) in [6.45, 7) is 4.21. The Hall–Kier alpha value is -3.54. The van der Waals surface area contributed by atoms with Gasteiger partial charge in [0.05, 0.1) is 12.1 Å². The molecular weight excluding hydrogens is 386 g/mol. The summed E-state index contributed by atoms with van der Waals surface area (Å²) in [5.41, 5.74) is 4.13. The fourth-order valence-electron chi connectivity index (χ4n) is 3.26. The SMILES string of the molecule is Cc1ccc(CN(Cc2nc3cc(C)ccc3o2)C(=O)c2ccc(F)cc2F)cc1. The summed E-state index contributed by atoms with van der Waals surface area (Å²) in [4.78, 5) is 19.0. The molecule has 0 aliphatic rings. The first-order valence-corrected chi connectivity index (χ1v) is 9.55. The molecule has 0 unspecified atom stereocenters. The fourth-order valence-corrected chi connectivity index (χ4v) is 3.26. The fraction of sp³-hybridized carbons (Fsp3) is 0.167. The van der Waals surface area contributed by atoms with Gasteiger partial charge in [0.15, 0.2) is 5.58 Å². The Balaban J connectivity index is 1.68. The number of benzene rings is 3. The van der Waals surface area contributed by atoms with Crippen molar-refractivity contribution in [1.29, 1.82) is 0 Å². The van der Waals surface area contributed by atoms with Crippen LogP contribution in [0.25, 0.3) is 11.1 Å². The molecule has 0 N–H and O–H groups in total. The number of hydrogen-bond acceptors (Lipinski definition) is 3. The first kappa shape index (κ1) is 19.8. The number of rotatable bonds is 5. The zero-order chi connectivity index (χ0) is 21.3. The van der Waals surface area contributed by atoms with Crippen molar-refractivity contribution in [2.75, 3.05) is 0 Å². The summed E-state index contributed by atoms with van der Waals surface area (Å²) in [5, 5.41) is 0. The lowest BCUT2D eigenvalue weighted by Gasteiger charge is -2.22. The van der Waals surface area contributed by atoms with Crippen LogP contribution in [0.4, 0.5) is 8.78 Å². The molecule has 0 atom stereocenters. The van der Waals surface area contributed by atoms with Crippen molar-refractivity contribution in [2.45, 2.75) is 26.9 Å². The highest BCUT2D eigenvalue weighted by atomic mass is 19.1. The van der Waals surface area contributed by atoms with Crippen LogP contribution < -0.4 is 0 Å². The molecule has 4 aromatic rings. The second-order valence-corrected chi connectivity index (χ2v) is 7.35. The molecule has 0 radical (unpaired) electrons. The minimum atomic E-state index is -0.901. The smallest absolute Gasteiger partial charge is 0.257 e. The molecule has 4 nitrogen and oxygen atoms in total. The molecule has 0 bridgehead atoms. The van der Waals surface area contributed by atoms with Crippen molar-refractivity contribution < 1.29 is 18.0 Å². The second kappa shape index (κ2) is 8.06. The number of carbonyl (C=O) groups excluding carboxylic acids is 1. The molecule has 0 saturated carbocycles. The van der Waals surface area contributed by atoms with Gasteiger partial charge in [-0.2, -0.15) is 0 Å². The minimum Gasteiger partial charge on any atom is -0.439 e. The second-order valence-electron chi connectivity index (χ2n) is 7.35. The number of amides is 1. The van der Waals surface area contributed by atoms with Crippen LogP contribution in [0.5, 0.6) is 0 Å². The number of fused-ring (bicyclic) bond motifs is 1. The maximum Gasteiger partial charge on any atom is 0.257 e. The summed E-state index contributed by atoms with van der Waals surface area (Å²) < 4.78 is 33.4. The van der Waals surface area contributed by atoms with E-state index < -0.39 is 17.5 Å². The molecule has 6 heteroatoms. The maximum atomic E-state index is 14.3. The number of aryl methyl sites for hydroxylation is 2. The van der Waals surface area contributed by atoms with Crippen molar-refractivity contribution in [2.24, 2.45) is 0 Å². The van der Waals surface area contributed by atoms with Crippen molar-refractivity contribution >= 4 is 17.0 Å². The molecular formula is C24H20F2N2O2. The molecule has 1 heterocycles. The van der Waals surface area contributed by atoms with Crippen LogP contribution >= 0.6 is 0 Å². The molecule has 4 rings (SSSR count).